The van der Waals surface area contributed by atoms with E-state index >= 15 is 0 Å². The van der Waals surface area contributed by atoms with Gasteiger partial charge in [-0.2, -0.15) is 0 Å². The SMILES string of the molecule is CC(Oc1ccccc1)C(=O)NNC(=O)c1ccc(CSc2nncn2C)cc1. The van der Waals surface area contributed by atoms with Crippen LogP contribution in [0.5, 0.6) is 5.75 Å². The Morgan fingerprint density at radius 3 is 2.48 bits per heavy atom. The number of amides is 2. The summed E-state index contributed by atoms with van der Waals surface area (Å²) in [5.41, 5.74) is 6.27. The Bertz CT molecular complexity index is 960. The molecule has 0 radical (unpaired) electrons. The van der Waals surface area contributed by atoms with Gasteiger partial charge in [0.05, 0.1) is 0 Å². The minimum atomic E-state index is -0.752. The van der Waals surface area contributed by atoms with Crippen LogP contribution in [0.2, 0.25) is 0 Å². The van der Waals surface area contributed by atoms with E-state index in [0.29, 0.717) is 17.1 Å². The van der Waals surface area contributed by atoms with Crippen molar-refractivity contribution in [3.63, 3.8) is 0 Å². The van der Waals surface area contributed by atoms with Crippen molar-refractivity contribution in [3.05, 3.63) is 72.1 Å². The van der Waals surface area contributed by atoms with Gasteiger partial charge in [0, 0.05) is 18.4 Å². The molecule has 3 aromatic rings. The fourth-order valence-electron chi connectivity index (χ4n) is 2.35. The third-order valence-electron chi connectivity index (χ3n) is 3.98. The Kier molecular flexibility index (Phi) is 6.85. The van der Waals surface area contributed by atoms with E-state index < -0.39 is 17.9 Å². The number of carbonyl (C=O) groups excluding carboxylic acids is 2. The van der Waals surface area contributed by atoms with Crippen LogP contribution in [0.3, 0.4) is 0 Å². The van der Waals surface area contributed by atoms with Gasteiger partial charge in [0.15, 0.2) is 11.3 Å². The molecule has 2 N–H and O–H groups in total. The topological polar surface area (TPSA) is 98.1 Å². The van der Waals surface area contributed by atoms with E-state index in [0.717, 1.165) is 10.7 Å². The first kappa shape index (κ1) is 20.4. The summed E-state index contributed by atoms with van der Waals surface area (Å²) in [6, 6.07) is 16.1. The summed E-state index contributed by atoms with van der Waals surface area (Å²) < 4.78 is 7.36. The number of para-hydroxylation sites is 1. The van der Waals surface area contributed by atoms with E-state index in [1.54, 1.807) is 49.3 Å². The van der Waals surface area contributed by atoms with Gasteiger partial charge in [-0.15, -0.1) is 10.2 Å². The molecule has 1 unspecified atom stereocenters. The zero-order valence-corrected chi connectivity index (χ0v) is 16.8. The summed E-state index contributed by atoms with van der Waals surface area (Å²) >= 11 is 1.56. The molecule has 29 heavy (non-hydrogen) atoms. The lowest BCUT2D eigenvalue weighted by Crippen LogP contribution is -2.47. The second-order valence-electron chi connectivity index (χ2n) is 6.23. The molecule has 0 aliphatic rings. The predicted octanol–water partition coefficient (Wildman–Crippen LogP) is 2.34. The number of hydrogen-bond acceptors (Lipinski definition) is 6. The molecule has 0 bridgehead atoms. The van der Waals surface area contributed by atoms with Crippen LogP contribution in [0.4, 0.5) is 0 Å². The van der Waals surface area contributed by atoms with Crippen LogP contribution in [0, 0.1) is 0 Å². The van der Waals surface area contributed by atoms with E-state index in [-0.39, 0.29) is 0 Å². The van der Waals surface area contributed by atoms with Crippen LogP contribution in [-0.4, -0.2) is 32.7 Å². The Hall–Kier alpha value is -3.33. The van der Waals surface area contributed by atoms with Crippen LogP contribution in [0.15, 0.2) is 66.1 Å². The molecule has 2 aromatic carbocycles. The molecule has 0 aliphatic carbocycles. The van der Waals surface area contributed by atoms with Crippen molar-refractivity contribution in [1.82, 2.24) is 25.6 Å². The van der Waals surface area contributed by atoms with Crippen LogP contribution in [0.25, 0.3) is 0 Å². The molecule has 1 heterocycles. The van der Waals surface area contributed by atoms with E-state index in [2.05, 4.69) is 21.0 Å². The van der Waals surface area contributed by atoms with E-state index in [9.17, 15) is 9.59 Å². The normalized spacial score (nSPS) is 11.5. The average molecular weight is 411 g/mol. The number of benzene rings is 2. The molecule has 1 aromatic heterocycles. The Morgan fingerprint density at radius 2 is 1.83 bits per heavy atom. The Morgan fingerprint density at radius 1 is 1.10 bits per heavy atom. The summed E-state index contributed by atoms with van der Waals surface area (Å²) in [6.45, 7) is 1.61. The molecule has 150 valence electrons. The van der Waals surface area contributed by atoms with Crippen molar-refractivity contribution in [3.8, 4) is 5.75 Å². The molecule has 0 spiro atoms. The number of aryl methyl sites for hydroxylation is 1. The minimum absolute atomic E-state index is 0.405. The maximum absolute atomic E-state index is 12.2. The number of hydrogen-bond donors (Lipinski definition) is 2. The van der Waals surface area contributed by atoms with Crippen molar-refractivity contribution in [2.45, 2.75) is 23.9 Å². The number of nitrogens with zero attached hydrogens (tertiary/aromatic N) is 3. The molecule has 9 heteroatoms. The van der Waals surface area contributed by atoms with Gasteiger partial charge in [-0.3, -0.25) is 20.4 Å². The Balaban J connectivity index is 1.46. The number of carbonyl (C=O) groups is 2. The summed E-state index contributed by atoms with van der Waals surface area (Å²) in [4.78, 5) is 24.3. The smallest absolute Gasteiger partial charge is 0.279 e. The first-order valence-electron chi connectivity index (χ1n) is 8.90. The van der Waals surface area contributed by atoms with Gasteiger partial charge in [-0.05, 0) is 36.8 Å². The minimum Gasteiger partial charge on any atom is -0.481 e. The fraction of sp³-hybridized carbons (Fsp3) is 0.200. The molecule has 0 saturated carbocycles. The standard InChI is InChI=1S/C20H21N5O3S/c1-14(28-17-6-4-3-5-7-17)18(26)22-23-19(27)16-10-8-15(9-11-16)12-29-20-24-21-13-25(20)2/h3-11,13-14H,12H2,1-2H3,(H,22,26)(H,23,27). The van der Waals surface area contributed by atoms with E-state index in [1.165, 1.54) is 0 Å². The van der Waals surface area contributed by atoms with E-state index in [1.807, 2.05) is 41.9 Å². The average Bonchev–Trinajstić information content (AvgIpc) is 3.16. The molecule has 8 nitrogen and oxygen atoms in total. The van der Waals surface area contributed by atoms with Crippen molar-refractivity contribution in [1.29, 1.82) is 0 Å². The van der Waals surface area contributed by atoms with Gasteiger partial charge in [0.25, 0.3) is 11.8 Å². The van der Waals surface area contributed by atoms with Gasteiger partial charge < -0.3 is 9.30 Å². The third kappa shape index (κ3) is 5.82. The lowest BCUT2D eigenvalue weighted by Gasteiger charge is -2.15. The molecule has 0 aliphatic heterocycles. The highest BCUT2D eigenvalue weighted by molar-refractivity contribution is 7.98. The molecule has 1 atom stereocenters. The van der Waals surface area contributed by atoms with Crippen LogP contribution < -0.4 is 15.6 Å². The second kappa shape index (κ2) is 9.74. The van der Waals surface area contributed by atoms with Crippen molar-refractivity contribution < 1.29 is 14.3 Å². The second-order valence-corrected chi connectivity index (χ2v) is 7.17. The number of thioether (sulfide) groups is 1. The van der Waals surface area contributed by atoms with Crippen LogP contribution >= 0.6 is 11.8 Å². The maximum atomic E-state index is 12.2. The summed E-state index contributed by atoms with van der Waals surface area (Å²) in [7, 11) is 1.88. The maximum Gasteiger partial charge on any atom is 0.279 e. The van der Waals surface area contributed by atoms with Gasteiger partial charge in [0.2, 0.25) is 0 Å². The highest BCUT2D eigenvalue weighted by Gasteiger charge is 2.16. The molecule has 3 rings (SSSR count). The largest absolute Gasteiger partial charge is 0.481 e. The molecular weight excluding hydrogens is 390 g/mol. The first-order valence-corrected chi connectivity index (χ1v) is 9.89. The summed E-state index contributed by atoms with van der Waals surface area (Å²) in [5.74, 6) is 0.437. The fourth-order valence-corrected chi connectivity index (χ4v) is 3.20. The van der Waals surface area contributed by atoms with Gasteiger partial charge in [-0.25, -0.2) is 0 Å². The number of hydrazine groups is 1. The number of ether oxygens (including phenoxy) is 1. The zero-order chi connectivity index (χ0) is 20.6. The van der Waals surface area contributed by atoms with Crippen molar-refractivity contribution in [2.24, 2.45) is 7.05 Å². The molecular formula is C20H21N5O3S. The van der Waals surface area contributed by atoms with Crippen molar-refractivity contribution in [2.75, 3.05) is 0 Å². The van der Waals surface area contributed by atoms with E-state index in [4.69, 9.17) is 4.74 Å². The highest BCUT2D eigenvalue weighted by Crippen LogP contribution is 2.20. The van der Waals surface area contributed by atoms with Crippen LogP contribution in [0.1, 0.15) is 22.8 Å². The molecule has 0 fully saturated rings. The predicted molar refractivity (Wildman–Crippen MR) is 109 cm³/mol. The highest BCUT2D eigenvalue weighted by atomic mass is 32.2. The van der Waals surface area contributed by atoms with Gasteiger partial charge in [0.1, 0.15) is 12.1 Å². The number of nitrogens with one attached hydrogen (secondary N) is 2. The van der Waals surface area contributed by atoms with Crippen molar-refractivity contribution >= 4 is 23.6 Å². The van der Waals surface area contributed by atoms with Gasteiger partial charge in [-0.1, -0.05) is 42.1 Å². The quantitative estimate of drug-likeness (QED) is 0.457. The lowest BCUT2D eigenvalue weighted by atomic mass is 10.1. The molecule has 0 saturated heterocycles. The molecule has 2 amide bonds. The lowest BCUT2D eigenvalue weighted by molar-refractivity contribution is -0.128. The first-order chi connectivity index (χ1) is 14.0. The number of aromatic nitrogens is 3. The third-order valence-corrected chi connectivity index (χ3v) is 5.08. The Labute approximate surface area is 172 Å². The monoisotopic (exact) mass is 411 g/mol. The summed E-state index contributed by atoms with van der Waals surface area (Å²) in [6.07, 6.45) is 0.897. The van der Waals surface area contributed by atoms with Crippen LogP contribution in [-0.2, 0) is 17.6 Å². The summed E-state index contributed by atoms with van der Waals surface area (Å²) in [5, 5.41) is 8.68. The van der Waals surface area contributed by atoms with Gasteiger partial charge >= 0.3 is 0 Å². The zero-order valence-electron chi connectivity index (χ0n) is 16.0. The number of rotatable bonds is 7.